The zero-order chi connectivity index (χ0) is 27.1. The number of aldehydes is 1. The molecule has 1 N–H and O–H groups in total. The summed E-state index contributed by atoms with van der Waals surface area (Å²) in [4.78, 5) is 25.8. The molecule has 38 heavy (non-hydrogen) atoms. The highest BCUT2D eigenvalue weighted by Crippen LogP contribution is 2.44. The van der Waals surface area contributed by atoms with Gasteiger partial charge in [-0.1, -0.05) is 48.5 Å². The second kappa shape index (κ2) is 10.2. The van der Waals surface area contributed by atoms with Crippen LogP contribution in [0.25, 0.3) is 17.2 Å². The normalized spacial score (nSPS) is 17.7. The van der Waals surface area contributed by atoms with Crippen molar-refractivity contribution in [2.45, 2.75) is 51.7 Å². The van der Waals surface area contributed by atoms with Gasteiger partial charge in [0, 0.05) is 17.3 Å². The van der Waals surface area contributed by atoms with Crippen LogP contribution in [0.1, 0.15) is 64.9 Å². The summed E-state index contributed by atoms with van der Waals surface area (Å²) < 4.78 is 18.3. The molecular weight excluding hydrogens is 497 g/mol. The molecule has 8 heteroatoms. The minimum atomic E-state index is -0.643. The molecule has 0 saturated carbocycles. The number of aryl methyl sites for hydroxylation is 1. The third kappa shape index (κ3) is 4.96. The lowest BCUT2D eigenvalue weighted by molar-refractivity contribution is 0.00578. The van der Waals surface area contributed by atoms with Crippen LogP contribution in [0.3, 0.4) is 0 Å². The summed E-state index contributed by atoms with van der Waals surface area (Å²) in [5, 5.41) is 2.89. The number of thiophene rings is 1. The third-order valence-corrected chi connectivity index (χ3v) is 8.85. The number of alkyl carbamates (subject to hydrolysis) is 1. The Balaban J connectivity index is 1.31. The Morgan fingerprint density at radius 1 is 1.03 bits per heavy atom. The van der Waals surface area contributed by atoms with E-state index in [1.54, 1.807) is 0 Å². The number of benzene rings is 2. The lowest BCUT2D eigenvalue weighted by atomic mass is 9.77. The summed E-state index contributed by atoms with van der Waals surface area (Å²) in [7, 11) is -0.643. The molecule has 0 radical (unpaired) electrons. The second-order valence-corrected chi connectivity index (χ2v) is 11.9. The zero-order valence-corrected chi connectivity index (χ0v) is 23.2. The van der Waals surface area contributed by atoms with Crippen molar-refractivity contribution in [1.82, 2.24) is 5.32 Å². The summed E-state index contributed by atoms with van der Waals surface area (Å²) in [6.45, 7) is 10.3. The smallest absolute Gasteiger partial charge is 0.449 e. The van der Waals surface area contributed by atoms with Crippen LogP contribution in [0.15, 0.2) is 60.1 Å². The monoisotopic (exact) mass is 529 g/mol. The lowest BCUT2D eigenvalue weighted by Crippen LogP contribution is -2.41. The van der Waals surface area contributed by atoms with Gasteiger partial charge in [-0.15, -0.1) is 11.3 Å². The van der Waals surface area contributed by atoms with Crippen molar-refractivity contribution in [2.24, 2.45) is 0 Å². The Bertz CT molecular complexity index is 1350. The molecule has 1 amide bonds. The number of fused-ring (bicyclic) bond motifs is 3. The van der Waals surface area contributed by atoms with E-state index in [4.69, 9.17) is 14.0 Å². The van der Waals surface area contributed by atoms with Crippen LogP contribution < -0.4 is 5.32 Å². The van der Waals surface area contributed by atoms with E-state index in [0.717, 1.165) is 22.2 Å². The Morgan fingerprint density at radius 3 is 2.16 bits per heavy atom. The van der Waals surface area contributed by atoms with Gasteiger partial charge in [0.05, 0.1) is 16.1 Å². The summed E-state index contributed by atoms with van der Waals surface area (Å²) in [5.41, 5.74) is 5.37. The van der Waals surface area contributed by atoms with Gasteiger partial charge in [-0.2, -0.15) is 0 Å². The van der Waals surface area contributed by atoms with Gasteiger partial charge >= 0.3 is 13.2 Å². The molecule has 3 aromatic rings. The van der Waals surface area contributed by atoms with Crippen LogP contribution in [0.4, 0.5) is 4.79 Å². The van der Waals surface area contributed by atoms with E-state index in [-0.39, 0.29) is 19.1 Å². The minimum absolute atomic E-state index is 0.0122. The summed E-state index contributed by atoms with van der Waals surface area (Å²) in [6, 6.07) is 18.4. The maximum atomic E-state index is 12.9. The van der Waals surface area contributed by atoms with Crippen molar-refractivity contribution in [1.29, 1.82) is 0 Å². The van der Waals surface area contributed by atoms with Crippen LogP contribution in [-0.4, -0.2) is 43.9 Å². The Labute approximate surface area is 228 Å². The van der Waals surface area contributed by atoms with Gasteiger partial charge in [-0.05, 0) is 80.1 Å². The first-order chi connectivity index (χ1) is 18.1. The highest BCUT2D eigenvalue weighted by atomic mass is 32.1. The maximum absolute atomic E-state index is 12.9. The average molecular weight is 529 g/mol. The van der Waals surface area contributed by atoms with Crippen LogP contribution in [0.2, 0.25) is 0 Å². The third-order valence-electron chi connectivity index (χ3n) is 7.74. The predicted octanol–water partition coefficient (Wildman–Crippen LogP) is 6.42. The van der Waals surface area contributed by atoms with Gasteiger partial charge in [0.25, 0.3) is 0 Å². The van der Waals surface area contributed by atoms with Gasteiger partial charge in [-0.25, -0.2) is 4.79 Å². The highest BCUT2D eigenvalue weighted by molar-refractivity contribution is 7.14. The molecule has 0 atom stereocenters. The van der Waals surface area contributed by atoms with Crippen molar-refractivity contribution >= 4 is 36.9 Å². The molecule has 1 fully saturated rings. The zero-order valence-electron chi connectivity index (χ0n) is 22.4. The summed E-state index contributed by atoms with van der Waals surface area (Å²) in [5.74, 6) is -0.0122. The fourth-order valence-corrected chi connectivity index (χ4v) is 5.88. The molecule has 6 nitrogen and oxygen atoms in total. The molecule has 2 heterocycles. The molecule has 0 bridgehead atoms. The van der Waals surface area contributed by atoms with Crippen molar-refractivity contribution in [2.75, 3.05) is 13.2 Å². The van der Waals surface area contributed by atoms with E-state index >= 15 is 0 Å². The number of carbonyl (C=O) groups excluding carboxylic acids is 2. The number of hydrogen-bond donors (Lipinski definition) is 1. The average Bonchev–Trinajstić information content (AvgIpc) is 3.48. The quantitative estimate of drug-likeness (QED) is 0.282. The van der Waals surface area contributed by atoms with E-state index in [1.165, 1.54) is 33.6 Å². The van der Waals surface area contributed by atoms with Crippen LogP contribution in [0, 0.1) is 6.92 Å². The number of hydrogen-bond acceptors (Lipinski definition) is 6. The van der Waals surface area contributed by atoms with Gasteiger partial charge < -0.3 is 19.4 Å². The molecule has 1 aromatic heterocycles. The summed E-state index contributed by atoms with van der Waals surface area (Å²) >= 11 is 1.40. The number of ether oxygens (including phenoxy) is 1. The van der Waals surface area contributed by atoms with E-state index < -0.39 is 24.4 Å². The van der Waals surface area contributed by atoms with Crippen LogP contribution in [-0.2, 0) is 14.0 Å². The Kier molecular flexibility index (Phi) is 7.07. The largest absolute Gasteiger partial charge is 0.492 e. The van der Waals surface area contributed by atoms with Crippen LogP contribution in [0.5, 0.6) is 0 Å². The molecular formula is C30H32BNO5S. The standard InChI is InChI=1S/C30H32BNO5S/c1-19-14-21(17-33)38-27(19)15-20(31-36-29(2,3)30(4,5)37-31)16-32-28(34)35-18-26-24-12-8-6-10-22(24)23-11-7-9-13-25(23)26/h6-15,17,26H,16,18H2,1-5H3,(H,32,34). The molecule has 1 saturated heterocycles. The minimum Gasteiger partial charge on any atom is -0.449 e. The van der Waals surface area contributed by atoms with Crippen molar-refractivity contribution in [3.63, 3.8) is 0 Å². The molecule has 2 aliphatic rings. The number of carbonyl (C=O) groups is 2. The maximum Gasteiger partial charge on any atom is 0.492 e. The molecule has 1 aliphatic heterocycles. The number of amides is 1. The first kappa shape index (κ1) is 26.4. The van der Waals surface area contributed by atoms with Crippen LogP contribution >= 0.6 is 11.3 Å². The Morgan fingerprint density at radius 2 is 1.61 bits per heavy atom. The molecule has 2 aromatic carbocycles. The first-order valence-electron chi connectivity index (χ1n) is 12.8. The number of rotatable bonds is 7. The van der Waals surface area contributed by atoms with Gasteiger partial charge in [0.2, 0.25) is 0 Å². The molecule has 196 valence electrons. The van der Waals surface area contributed by atoms with E-state index in [9.17, 15) is 9.59 Å². The SMILES string of the molecule is Cc1cc(C=O)sc1C=C(CNC(=O)OCC1c2ccccc2-c2ccccc21)B1OC(C)(C)C(C)(C)O1. The van der Waals surface area contributed by atoms with Crippen molar-refractivity contribution in [3.05, 3.63) is 86.5 Å². The van der Waals surface area contributed by atoms with E-state index in [1.807, 2.05) is 71.0 Å². The number of nitrogens with one attached hydrogen (secondary N) is 1. The van der Waals surface area contributed by atoms with Crippen molar-refractivity contribution < 1.29 is 23.6 Å². The highest BCUT2D eigenvalue weighted by Gasteiger charge is 2.52. The molecule has 1 aliphatic carbocycles. The van der Waals surface area contributed by atoms with E-state index in [2.05, 4.69) is 29.6 Å². The molecule has 0 spiro atoms. The fourth-order valence-electron chi connectivity index (χ4n) is 4.91. The molecule has 0 unspecified atom stereocenters. The van der Waals surface area contributed by atoms with Gasteiger partial charge in [0.15, 0.2) is 6.29 Å². The molecule has 5 rings (SSSR count). The van der Waals surface area contributed by atoms with Gasteiger partial charge in [0.1, 0.15) is 6.61 Å². The Hall–Kier alpha value is -3.20. The second-order valence-electron chi connectivity index (χ2n) is 10.8. The van der Waals surface area contributed by atoms with E-state index in [0.29, 0.717) is 4.88 Å². The van der Waals surface area contributed by atoms with Crippen molar-refractivity contribution in [3.8, 4) is 11.1 Å². The summed E-state index contributed by atoms with van der Waals surface area (Å²) in [6.07, 6.45) is 2.28. The van der Waals surface area contributed by atoms with Gasteiger partial charge in [-0.3, -0.25) is 4.79 Å². The fraction of sp³-hybridized carbons (Fsp3) is 0.333. The first-order valence-corrected chi connectivity index (χ1v) is 13.6. The lowest BCUT2D eigenvalue weighted by Gasteiger charge is -2.32. The predicted molar refractivity (Wildman–Crippen MR) is 152 cm³/mol. The topological polar surface area (TPSA) is 73.9 Å².